The standard InChI is InChI=1S/C20H25N3O6S/c1-3-22(16-10-11-30(26,27)14-16)18(24)13-29-17-12-23(15-8-6-5-7-9-15)21-19(17)20(25)28-4-2/h5-9,12,16H,3-4,10-11,13-14H2,1-2H3. The van der Waals surface area contributed by atoms with Crippen LogP contribution in [0.5, 0.6) is 5.75 Å². The first-order valence-electron chi connectivity index (χ1n) is 9.79. The molecular formula is C20H25N3O6S. The van der Waals surface area contributed by atoms with Gasteiger partial charge in [-0.15, -0.1) is 0 Å². The van der Waals surface area contributed by atoms with Gasteiger partial charge in [0, 0.05) is 12.6 Å². The molecule has 1 aliphatic heterocycles. The van der Waals surface area contributed by atoms with Crippen molar-refractivity contribution in [2.75, 3.05) is 31.3 Å². The second-order valence-corrected chi connectivity index (χ2v) is 9.10. The van der Waals surface area contributed by atoms with Crippen molar-refractivity contribution in [2.24, 2.45) is 0 Å². The van der Waals surface area contributed by atoms with Crippen molar-refractivity contribution in [3.63, 3.8) is 0 Å². The van der Waals surface area contributed by atoms with Gasteiger partial charge in [0.2, 0.25) is 5.69 Å². The van der Waals surface area contributed by atoms with Crippen molar-refractivity contribution in [1.29, 1.82) is 0 Å². The fourth-order valence-corrected chi connectivity index (χ4v) is 5.13. The molecule has 1 unspecified atom stereocenters. The highest BCUT2D eigenvalue weighted by molar-refractivity contribution is 7.91. The average molecular weight is 436 g/mol. The first-order chi connectivity index (χ1) is 14.3. The number of benzene rings is 1. The quantitative estimate of drug-likeness (QED) is 0.578. The SMILES string of the molecule is CCOC(=O)c1nn(-c2ccccc2)cc1OCC(=O)N(CC)C1CCS(=O)(=O)C1. The van der Waals surface area contributed by atoms with E-state index < -0.39 is 15.8 Å². The predicted octanol–water partition coefficient (Wildman–Crippen LogP) is 1.46. The Labute approximate surface area is 175 Å². The van der Waals surface area contributed by atoms with E-state index in [0.29, 0.717) is 13.0 Å². The number of hydrogen-bond acceptors (Lipinski definition) is 7. The van der Waals surface area contributed by atoms with Gasteiger partial charge in [0.15, 0.2) is 22.2 Å². The smallest absolute Gasteiger partial charge is 0.362 e. The third-order valence-corrected chi connectivity index (χ3v) is 6.58. The van der Waals surface area contributed by atoms with E-state index in [1.165, 1.54) is 15.8 Å². The lowest BCUT2D eigenvalue weighted by Gasteiger charge is -2.26. The summed E-state index contributed by atoms with van der Waals surface area (Å²) in [6.45, 7) is 3.69. The number of aromatic nitrogens is 2. The molecule has 30 heavy (non-hydrogen) atoms. The van der Waals surface area contributed by atoms with E-state index in [-0.39, 0.29) is 48.1 Å². The monoisotopic (exact) mass is 435 g/mol. The number of rotatable bonds is 8. The summed E-state index contributed by atoms with van der Waals surface area (Å²) in [6, 6.07) is 8.80. The number of sulfone groups is 1. The molecule has 10 heteroatoms. The highest BCUT2D eigenvalue weighted by atomic mass is 32.2. The number of ether oxygens (including phenoxy) is 2. The highest BCUT2D eigenvalue weighted by Gasteiger charge is 2.34. The topological polar surface area (TPSA) is 108 Å². The normalized spacial score (nSPS) is 17.5. The van der Waals surface area contributed by atoms with Gasteiger partial charge >= 0.3 is 5.97 Å². The van der Waals surface area contributed by atoms with Gasteiger partial charge in [-0.2, -0.15) is 5.10 Å². The minimum atomic E-state index is -3.11. The number of nitrogens with zero attached hydrogens (tertiary/aromatic N) is 3. The Morgan fingerprint density at radius 1 is 1.23 bits per heavy atom. The van der Waals surface area contributed by atoms with Crippen LogP contribution in [-0.2, 0) is 19.4 Å². The molecule has 1 atom stereocenters. The molecule has 0 spiro atoms. The fraction of sp³-hybridized carbons (Fsp3) is 0.450. The van der Waals surface area contributed by atoms with Gasteiger partial charge in [-0.1, -0.05) is 18.2 Å². The number of esters is 1. The highest BCUT2D eigenvalue weighted by Crippen LogP contribution is 2.22. The Kier molecular flexibility index (Phi) is 6.76. The van der Waals surface area contributed by atoms with Crippen molar-refractivity contribution < 1.29 is 27.5 Å². The summed E-state index contributed by atoms with van der Waals surface area (Å²) in [6.07, 6.45) is 1.94. The third-order valence-electron chi connectivity index (χ3n) is 4.83. The van der Waals surface area contributed by atoms with Crippen LogP contribution in [0.2, 0.25) is 0 Å². The second-order valence-electron chi connectivity index (χ2n) is 6.87. The maximum absolute atomic E-state index is 12.7. The zero-order valence-electron chi connectivity index (χ0n) is 17.0. The molecule has 0 bridgehead atoms. The van der Waals surface area contributed by atoms with E-state index in [1.807, 2.05) is 30.3 Å². The summed E-state index contributed by atoms with van der Waals surface area (Å²) in [5, 5.41) is 4.25. The summed E-state index contributed by atoms with van der Waals surface area (Å²) in [5.41, 5.74) is 0.690. The molecule has 3 rings (SSSR count). The molecule has 1 aromatic heterocycles. The molecule has 1 saturated heterocycles. The van der Waals surface area contributed by atoms with Gasteiger partial charge in [-0.3, -0.25) is 4.79 Å². The molecule has 0 N–H and O–H groups in total. The van der Waals surface area contributed by atoms with Crippen molar-refractivity contribution in [2.45, 2.75) is 26.3 Å². The zero-order valence-corrected chi connectivity index (χ0v) is 17.8. The molecule has 0 saturated carbocycles. The van der Waals surface area contributed by atoms with E-state index >= 15 is 0 Å². The molecule has 9 nitrogen and oxygen atoms in total. The molecule has 1 amide bonds. The summed E-state index contributed by atoms with van der Waals surface area (Å²) < 4.78 is 35.7. The second kappa shape index (κ2) is 9.29. The Balaban J connectivity index is 1.76. The maximum Gasteiger partial charge on any atom is 0.362 e. The van der Waals surface area contributed by atoms with Crippen molar-refractivity contribution in [1.82, 2.24) is 14.7 Å². The molecule has 2 aromatic rings. The van der Waals surface area contributed by atoms with Crippen molar-refractivity contribution >= 4 is 21.7 Å². The lowest BCUT2D eigenvalue weighted by molar-refractivity contribution is -0.135. The van der Waals surface area contributed by atoms with Gasteiger partial charge in [-0.05, 0) is 32.4 Å². The molecular weight excluding hydrogens is 410 g/mol. The third kappa shape index (κ3) is 4.99. The zero-order chi connectivity index (χ0) is 21.7. The van der Waals surface area contributed by atoms with Gasteiger partial charge in [0.1, 0.15) is 0 Å². The van der Waals surface area contributed by atoms with Gasteiger partial charge in [0.25, 0.3) is 5.91 Å². The van der Waals surface area contributed by atoms with Crippen LogP contribution in [0.3, 0.4) is 0 Å². The van der Waals surface area contributed by atoms with Crippen LogP contribution in [0.25, 0.3) is 5.69 Å². The van der Waals surface area contributed by atoms with E-state index in [2.05, 4.69) is 5.10 Å². The summed E-state index contributed by atoms with van der Waals surface area (Å²) in [7, 11) is -3.11. The molecule has 2 heterocycles. The number of carbonyl (C=O) groups excluding carboxylic acids is 2. The molecule has 1 fully saturated rings. The number of likely N-dealkylation sites (N-methyl/N-ethyl adjacent to an activating group) is 1. The van der Waals surface area contributed by atoms with Gasteiger partial charge < -0.3 is 14.4 Å². The molecule has 0 aliphatic carbocycles. The largest absolute Gasteiger partial charge is 0.480 e. The van der Waals surface area contributed by atoms with Crippen molar-refractivity contribution in [3.05, 3.63) is 42.2 Å². The van der Waals surface area contributed by atoms with E-state index in [9.17, 15) is 18.0 Å². The molecule has 0 radical (unpaired) electrons. The van der Waals surface area contributed by atoms with Gasteiger partial charge in [0.05, 0.1) is 30.0 Å². The minimum absolute atomic E-state index is 0.0278. The first kappa shape index (κ1) is 21.8. The average Bonchev–Trinajstić information content (AvgIpc) is 3.31. The lowest BCUT2D eigenvalue weighted by atomic mass is 10.2. The van der Waals surface area contributed by atoms with Crippen LogP contribution >= 0.6 is 0 Å². The van der Waals surface area contributed by atoms with E-state index in [0.717, 1.165) is 5.69 Å². The number of carbonyl (C=O) groups is 2. The van der Waals surface area contributed by atoms with Crippen molar-refractivity contribution in [3.8, 4) is 11.4 Å². The Hall–Kier alpha value is -2.88. The minimum Gasteiger partial charge on any atom is -0.480 e. The van der Waals surface area contributed by atoms with Gasteiger partial charge in [-0.25, -0.2) is 17.9 Å². The number of para-hydroxylation sites is 1. The molecule has 1 aromatic carbocycles. The van der Waals surface area contributed by atoms with E-state index in [1.54, 1.807) is 13.8 Å². The molecule has 162 valence electrons. The lowest BCUT2D eigenvalue weighted by Crippen LogP contribution is -2.43. The van der Waals surface area contributed by atoms with Crippen LogP contribution in [0.4, 0.5) is 0 Å². The Morgan fingerprint density at radius 2 is 1.97 bits per heavy atom. The van der Waals surface area contributed by atoms with Crippen LogP contribution in [-0.4, -0.2) is 72.3 Å². The van der Waals surface area contributed by atoms with Crippen LogP contribution < -0.4 is 4.74 Å². The predicted molar refractivity (Wildman–Crippen MR) is 109 cm³/mol. The summed E-state index contributed by atoms with van der Waals surface area (Å²) >= 11 is 0. The Bertz CT molecular complexity index is 1000. The van der Waals surface area contributed by atoms with Crippen LogP contribution in [0.1, 0.15) is 30.8 Å². The number of amides is 1. The van der Waals surface area contributed by atoms with Crippen LogP contribution in [0.15, 0.2) is 36.5 Å². The number of hydrogen-bond donors (Lipinski definition) is 0. The Morgan fingerprint density at radius 3 is 2.57 bits per heavy atom. The first-order valence-corrected chi connectivity index (χ1v) is 11.6. The summed E-state index contributed by atoms with van der Waals surface area (Å²) in [4.78, 5) is 26.5. The maximum atomic E-state index is 12.7. The summed E-state index contributed by atoms with van der Waals surface area (Å²) in [5.74, 6) is -0.822. The molecule has 1 aliphatic rings. The van der Waals surface area contributed by atoms with Crippen LogP contribution in [0, 0.1) is 0 Å². The van der Waals surface area contributed by atoms with E-state index in [4.69, 9.17) is 9.47 Å². The fourth-order valence-electron chi connectivity index (χ4n) is 3.40.